The van der Waals surface area contributed by atoms with Crippen LogP contribution in [0.15, 0.2) is 24.3 Å². The van der Waals surface area contributed by atoms with E-state index in [0.717, 1.165) is 9.55 Å². The molecule has 0 aliphatic rings. The van der Waals surface area contributed by atoms with Crippen LogP contribution in [0.4, 0.5) is 5.69 Å². The molecule has 0 aliphatic carbocycles. The van der Waals surface area contributed by atoms with Gasteiger partial charge in [0.1, 0.15) is 0 Å². The minimum absolute atomic E-state index is 0.863. The van der Waals surface area contributed by atoms with Crippen molar-refractivity contribution >= 4 is 25.9 Å². The fourth-order valence-electron chi connectivity index (χ4n) is 1.18. The second kappa shape index (κ2) is 4.90. The molecule has 0 aliphatic heterocycles. The summed E-state index contributed by atoms with van der Waals surface area (Å²) in [7, 11) is 0. The first kappa shape index (κ1) is 10.9. The Kier molecular flexibility index (Phi) is 4.12. The fraction of sp³-hybridized carbons (Fsp3) is 0.455. The summed E-state index contributed by atoms with van der Waals surface area (Å²) >= 11 is -0.870. The second-order valence-corrected chi connectivity index (χ2v) is 11.8. The first-order chi connectivity index (χ1) is 6.09. The molecule has 1 nitrogen and oxygen atoms in total. The number of hydrogen-bond donors (Lipinski definition) is 1. The molecule has 72 valence electrons. The van der Waals surface area contributed by atoms with Crippen molar-refractivity contribution in [1.29, 1.82) is 0 Å². The molecule has 0 heterocycles. The number of nitrogen functional groups attached to an aromatic ring is 1. The average Bonchev–Trinajstić information content (AvgIpc) is 2.08. The molecule has 0 saturated heterocycles. The topological polar surface area (TPSA) is 26.0 Å². The van der Waals surface area contributed by atoms with E-state index in [1.54, 1.807) is 0 Å². The molecule has 0 amide bonds. The zero-order valence-electron chi connectivity index (χ0n) is 8.62. The van der Waals surface area contributed by atoms with Gasteiger partial charge < -0.3 is 0 Å². The summed E-state index contributed by atoms with van der Waals surface area (Å²) in [4.78, 5) is 4.90. The predicted molar refractivity (Wildman–Crippen MR) is 61.5 cm³/mol. The molecule has 1 unspecified atom stereocenters. The van der Waals surface area contributed by atoms with Crippen molar-refractivity contribution in [3.8, 4) is 0 Å². The number of benzene rings is 1. The van der Waals surface area contributed by atoms with E-state index < -0.39 is 20.2 Å². The van der Waals surface area contributed by atoms with Crippen molar-refractivity contribution in [3.05, 3.63) is 29.8 Å². The van der Waals surface area contributed by atoms with Gasteiger partial charge in [0, 0.05) is 0 Å². The molecule has 0 saturated carbocycles. The van der Waals surface area contributed by atoms with Crippen LogP contribution in [0.5, 0.6) is 0 Å². The van der Waals surface area contributed by atoms with Crippen molar-refractivity contribution in [2.45, 2.75) is 26.9 Å². The average molecular weight is 286 g/mol. The van der Waals surface area contributed by atoms with E-state index in [2.05, 4.69) is 28.8 Å². The van der Waals surface area contributed by atoms with Crippen LogP contribution in [0.2, 0.25) is 13.6 Å². The Balaban J connectivity index is 2.59. The van der Waals surface area contributed by atoms with Crippen LogP contribution in [0, 0.1) is 0 Å². The first-order valence-electron chi connectivity index (χ1n) is 4.60. The van der Waals surface area contributed by atoms with Crippen LogP contribution >= 0.6 is 0 Å². The Morgan fingerprint density at radius 2 is 1.77 bits per heavy atom. The van der Waals surface area contributed by atoms with E-state index in [0.29, 0.717) is 0 Å². The Morgan fingerprint density at radius 1 is 1.23 bits per heavy atom. The molecule has 0 aromatic heterocycles. The third-order valence-electron chi connectivity index (χ3n) is 2.39. The van der Waals surface area contributed by atoms with Crippen molar-refractivity contribution in [1.82, 2.24) is 0 Å². The SMILES string of the molecule is C[CH](Cc1ccc(N)cc1)[Sb]([CH3])[CH3]. The van der Waals surface area contributed by atoms with Crippen LogP contribution in [-0.2, 0) is 6.42 Å². The van der Waals surface area contributed by atoms with Gasteiger partial charge in [0.05, 0.1) is 0 Å². The summed E-state index contributed by atoms with van der Waals surface area (Å²) in [6, 6.07) is 8.29. The molecule has 0 fully saturated rings. The van der Waals surface area contributed by atoms with Crippen LogP contribution in [0.1, 0.15) is 12.5 Å². The molecule has 2 heteroatoms. The molecule has 0 spiro atoms. The molecule has 1 aromatic rings. The van der Waals surface area contributed by atoms with E-state index in [-0.39, 0.29) is 0 Å². The van der Waals surface area contributed by atoms with Crippen LogP contribution < -0.4 is 5.73 Å². The monoisotopic (exact) mass is 285 g/mol. The molecule has 0 bridgehead atoms. The van der Waals surface area contributed by atoms with E-state index in [1.807, 2.05) is 12.1 Å². The van der Waals surface area contributed by atoms with Crippen LogP contribution in [0.3, 0.4) is 0 Å². The van der Waals surface area contributed by atoms with Crippen molar-refractivity contribution < 1.29 is 0 Å². The third kappa shape index (κ3) is 3.60. The van der Waals surface area contributed by atoms with Gasteiger partial charge in [-0.1, -0.05) is 0 Å². The Morgan fingerprint density at radius 3 is 2.23 bits per heavy atom. The van der Waals surface area contributed by atoms with E-state index >= 15 is 0 Å². The van der Waals surface area contributed by atoms with Gasteiger partial charge >= 0.3 is 88.4 Å². The summed E-state index contributed by atoms with van der Waals surface area (Å²) in [6.07, 6.45) is 1.23. The summed E-state index contributed by atoms with van der Waals surface area (Å²) < 4.78 is 0.923. The molecule has 0 radical (unpaired) electrons. The molecule has 1 aromatic carbocycles. The van der Waals surface area contributed by atoms with Gasteiger partial charge in [0.2, 0.25) is 0 Å². The third-order valence-corrected chi connectivity index (χ3v) is 7.95. The summed E-state index contributed by atoms with van der Waals surface area (Å²) in [5.41, 5.74) is 7.92. The van der Waals surface area contributed by atoms with Crippen LogP contribution in [0.25, 0.3) is 0 Å². The maximum absolute atomic E-state index is 5.63. The standard InChI is InChI=1S/C9H12N.2CH3.Sb/c1-2-3-8-4-6-9(10)7-5-8;;;/h2,4-7H,3,10H2,1H3;2*1H3;. The normalized spacial score (nSPS) is 13.2. The van der Waals surface area contributed by atoms with Crippen molar-refractivity contribution in [2.24, 2.45) is 0 Å². The first-order valence-corrected chi connectivity index (χ1v) is 11.2. The zero-order valence-corrected chi connectivity index (χ0v) is 11.2. The number of hydrogen-bond acceptors (Lipinski definition) is 1. The van der Waals surface area contributed by atoms with Gasteiger partial charge in [-0.25, -0.2) is 0 Å². The maximum atomic E-state index is 5.63. The van der Waals surface area contributed by atoms with E-state index in [9.17, 15) is 0 Å². The zero-order chi connectivity index (χ0) is 9.84. The Labute approximate surface area is 88.3 Å². The van der Waals surface area contributed by atoms with Gasteiger partial charge in [-0.3, -0.25) is 0 Å². The van der Waals surface area contributed by atoms with Gasteiger partial charge in [0.15, 0.2) is 0 Å². The molecule has 2 N–H and O–H groups in total. The van der Waals surface area contributed by atoms with Gasteiger partial charge in [-0.05, 0) is 0 Å². The van der Waals surface area contributed by atoms with Crippen molar-refractivity contribution in [2.75, 3.05) is 5.73 Å². The van der Waals surface area contributed by atoms with E-state index in [4.69, 9.17) is 5.73 Å². The predicted octanol–water partition coefficient (Wildman–Crippen LogP) is 2.96. The molecule has 1 rings (SSSR count). The summed E-state index contributed by atoms with van der Waals surface area (Å²) in [5.74, 6) is 0. The van der Waals surface area contributed by atoms with Gasteiger partial charge in [-0.15, -0.1) is 0 Å². The molecule has 1 atom stereocenters. The molecular weight excluding hydrogens is 268 g/mol. The minimum atomic E-state index is -0.870. The molecule has 13 heavy (non-hydrogen) atoms. The van der Waals surface area contributed by atoms with Gasteiger partial charge in [0.25, 0.3) is 0 Å². The summed E-state index contributed by atoms with van der Waals surface area (Å²) in [6.45, 7) is 2.37. The quantitative estimate of drug-likeness (QED) is 0.671. The van der Waals surface area contributed by atoms with Gasteiger partial charge in [-0.2, -0.15) is 0 Å². The Hall–Kier alpha value is -0.162. The molecular formula is C11H18NSb. The van der Waals surface area contributed by atoms with Crippen molar-refractivity contribution in [3.63, 3.8) is 0 Å². The van der Waals surface area contributed by atoms with Crippen LogP contribution in [-0.4, -0.2) is 20.2 Å². The van der Waals surface area contributed by atoms with E-state index in [1.165, 1.54) is 12.0 Å². The summed E-state index contributed by atoms with van der Waals surface area (Å²) in [5, 5.41) is 0. The Bertz CT molecular complexity index is 253. The number of rotatable bonds is 3. The fourth-order valence-corrected chi connectivity index (χ4v) is 2.82. The second-order valence-electron chi connectivity index (χ2n) is 3.76. The number of nitrogens with two attached hydrogens (primary N) is 1. The number of anilines is 1.